The van der Waals surface area contributed by atoms with E-state index in [0.717, 1.165) is 13.1 Å². The molecule has 6 rings (SSSR count). The van der Waals surface area contributed by atoms with Gasteiger partial charge in [-0.25, -0.2) is 9.78 Å². The number of fused-ring (bicyclic) bond motifs is 1. The lowest BCUT2D eigenvalue weighted by atomic mass is 9.97. The fraction of sp³-hybridized carbons (Fsp3) is 0.353. The molecule has 2 saturated heterocycles. The number of carbonyl (C=O) groups excluding carboxylic acids is 1. The molecule has 0 saturated carbocycles. The Morgan fingerprint density at radius 3 is 2.49 bits per heavy atom. The molecule has 1 amide bonds. The Morgan fingerprint density at radius 1 is 1.07 bits per heavy atom. The van der Waals surface area contributed by atoms with Gasteiger partial charge in [-0.2, -0.15) is 5.26 Å². The van der Waals surface area contributed by atoms with Crippen molar-refractivity contribution in [1.29, 1.82) is 5.26 Å². The Balaban J connectivity index is 1.30. The zero-order chi connectivity index (χ0) is 31.6. The number of likely N-dealkylation sites (tertiary alicyclic amines) is 1. The molecule has 1 atom stereocenters. The Hall–Kier alpha value is -4.92. The van der Waals surface area contributed by atoms with Crippen LogP contribution in [-0.2, 0) is 9.53 Å². The van der Waals surface area contributed by atoms with E-state index < -0.39 is 5.54 Å². The number of nitriles is 1. The third-order valence-electron chi connectivity index (χ3n) is 8.61. The SMILES string of the molecule is CC(C)(C=C(C#N)C(=O)N1CCCC(n2c(=O)n(-c3ccc(Oc4ccccc4)cc3)c3c(N)nccc32)C1)N1CCOCC1. The number of morpholine rings is 1. The number of aromatic nitrogens is 3. The molecule has 2 aliphatic rings. The molecule has 232 valence electrons. The van der Waals surface area contributed by atoms with Gasteiger partial charge in [-0.05, 0) is 75.2 Å². The van der Waals surface area contributed by atoms with Crippen molar-refractivity contribution >= 4 is 22.8 Å². The van der Waals surface area contributed by atoms with Crippen molar-refractivity contribution in [1.82, 2.24) is 23.9 Å². The monoisotopic (exact) mass is 607 g/mol. The fourth-order valence-corrected chi connectivity index (χ4v) is 6.32. The molecule has 45 heavy (non-hydrogen) atoms. The van der Waals surface area contributed by atoms with E-state index in [0.29, 0.717) is 67.4 Å². The summed E-state index contributed by atoms with van der Waals surface area (Å²) in [5, 5.41) is 10.0. The van der Waals surface area contributed by atoms with Gasteiger partial charge in [0.05, 0.1) is 30.5 Å². The number of piperidine rings is 1. The van der Waals surface area contributed by atoms with Gasteiger partial charge in [0.1, 0.15) is 34.5 Å². The van der Waals surface area contributed by atoms with Crippen LogP contribution in [0, 0.1) is 11.3 Å². The lowest BCUT2D eigenvalue weighted by molar-refractivity contribution is -0.128. The third kappa shape index (κ3) is 6.07. The Morgan fingerprint density at radius 2 is 1.78 bits per heavy atom. The van der Waals surface area contributed by atoms with Crippen molar-refractivity contribution in [2.75, 3.05) is 45.1 Å². The molecule has 2 N–H and O–H groups in total. The van der Waals surface area contributed by atoms with Gasteiger partial charge in [-0.1, -0.05) is 18.2 Å². The van der Waals surface area contributed by atoms with Crippen LogP contribution in [0.15, 0.2) is 83.3 Å². The highest BCUT2D eigenvalue weighted by atomic mass is 16.5. The van der Waals surface area contributed by atoms with Gasteiger partial charge >= 0.3 is 5.69 Å². The maximum atomic E-state index is 14.2. The molecule has 4 aromatic rings. The molecular formula is C34H37N7O4. The van der Waals surface area contributed by atoms with Crippen LogP contribution in [0.4, 0.5) is 5.82 Å². The van der Waals surface area contributed by atoms with Crippen LogP contribution in [0.3, 0.4) is 0 Å². The molecule has 0 aliphatic carbocycles. The Labute approximate surface area is 261 Å². The van der Waals surface area contributed by atoms with Crippen LogP contribution in [0.25, 0.3) is 16.7 Å². The molecule has 4 heterocycles. The number of rotatable bonds is 7. The van der Waals surface area contributed by atoms with Gasteiger partial charge in [-0.15, -0.1) is 0 Å². The van der Waals surface area contributed by atoms with E-state index in [2.05, 4.69) is 16.0 Å². The number of ether oxygens (including phenoxy) is 2. The molecule has 0 radical (unpaired) electrons. The molecule has 2 fully saturated rings. The molecule has 2 aromatic carbocycles. The van der Waals surface area contributed by atoms with Gasteiger partial charge in [0.15, 0.2) is 0 Å². The Bertz CT molecular complexity index is 1810. The predicted octanol–water partition coefficient (Wildman–Crippen LogP) is 4.29. The first kappa shape index (κ1) is 30.1. The molecule has 2 aliphatic heterocycles. The summed E-state index contributed by atoms with van der Waals surface area (Å²) in [6.07, 6.45) is 4.73. The van der Waals surface area contributed by atoms with E-state index in [1.165, 1.54) is 0 Å². The summed E-state index contributed by atoms with van der Waals surface area (Å²) in [4.78, 5) is 36.1. The van der Waals surface area contributed by atoms with Gasteiger partial charge in [0.2, 0.25) is 0 Å². The molecule has 1 unspecified atom stereocenters. The van der Waals surface area contributed by atoms with E-state index in [9.17, 15) is 14.9 Å². The van der Waals surface area contributed by atoms with Crippen LogP contribution in [0.2, 0.25) is 0 Å². The highest BCUT2D eigenvalue weighted by Gasteiger charge is 2.33. The van der Waals surface area contributed by atoms with Crippen LogP contribution >= 0.6 is 0 Å². The standard InChI is InChI=1S/C34H37N7O4/c1-34(2,39-17-19-44-20-18-39)21-24(22-35)32(42)38-16-6-7-26(23-38)40-29-14-15-37-31(36)30(29)41(33(40)43)25-10-12-28(13-11-25)45-27-8-4-3-5-9-27/h3-5,8-15,21,26H,6-7,16-20,23H2,1-2H3,(H2,36,37). The zero-order valence-electron chi connectivity index (χ0n) is 25.6. The number of amides is 1. The number of nitrogens with two attached hydrogens (primary N) is 1. The van der Waals surface area contributed by atoms with Gasteiger partial charge in [-0.3, -0.25) is 18.8 Å². The van der Waals surface area contributed by atoms with Crippen molar-refractivity contribution in [2.24, 2.45) is 0 Å². The van der Waals surface area contributed by atoms with Crippen LogP contribution in [0.5, 0.6) is 11.5 Å². The molecule has 2 aromatic heterocycles. The average Bonchev–Trinajstić information content (AvgIpc) is 3.37. The minimum Gasteiger partial charge on any atom is -0.457 e. The number of nitrogens with zero attached hydrogens (tertiary/aromatic N) is 6. The van der Waals surface area contributed by atoms with E-state index >= 15 is 0 Å². The average molecular weight is 608 g/mol. The summed E-state index contributed by atoms with van der Waals surface area (Å²) in [6.45, 7) is 7.52. The minimum atomic E-state index is -0.490. The van der Waals surface area contributed by atoms with Crippen molar-refractivity contribution in [2.45, 2.75) is 38.3 Å². The molecule has 0 spiro atoms. The second-order valence-corrected chi connectivity index (χ2v) is 11.9. The highest BCUT2D eigenvalue weighted by Crippen LogP contribution is 2.30. The number of imidazole rings is 1. The summed E-state index contributed by atoms with van der Waals surface area (Å²) >= 11 is 0. The van der Waals surface area contributed by atoms with E-state index in [1.807, 2.05) is 56.3 Å². The minimum absolute atomic E-state index is 0.105. The second kappa shape index (κ2) is 12.6. The zero-order valence-corrected chi connectivity index (χ0v) is 25.6. The molecule has 0 bridgehead atoms. The number of hydrogen-bond acceptors (Lipinski definition) is 8. The summed E-state index contributed by atoms with van der Waals surface area (Å²) in [5.41, 5.74) is 7.47. The Kier molecular flexibility index (Phi) is 8.43. The van der Waals surface area contributed by atoms with Gasteiger partial charge < -0.3 is 20.1 Å². The van der Waals surface area contributed by atoms with Crippen molar-refractivity contribution in [3.63, 3.8) is 0 Å². The summed E-state index contributed by atoms with van der Waals surface area (Å²) < 4.78 is 14.7. The number of pyridine rings is 1. The van der Waals surface area contributed by atoms with Crippen LogP contribution < -0.4 is 16.2 Å². The molecule has 11 heteroatoms. The van der Waals surface area contributed by atoms with E-state index in [-0.39, 0.29) is 29.0 Å². The maximum Gasteiger partial charge on any atom is 0.334 e. The number of para-hydroxylation sites is 1. The second-order valence-electron chi connectivity index (χ2n) is 11.9. The molecular weight excluding hydrogens is 570 g/mol. The van der Waals surface area contributed by atoms with Crippen LogP contribution in [0.1, 0.15) is 32.7 Å². The fourth-order valence-electron chi connectivity index (χ4n) is 6.32. The van der Waals surface area contributed by atoms with Gasteiger partial charge in [0, 0.05) is 37.9 Å². The van der Waals surface area contributed by atoms with E-state index in [4.69, 9.17) is 15.2 Å². The normalized spacial score (nSPS) is 18.1. The number of benzene rings is 2. The predicted molar refractivity (Wildman–Crippen MR) is 171 cm³/mol. The first-order valence-corrected chi connectivity index (χ1v) is 15.2. The third-order valence-corrected chi connectivity index (χ3v) is 8.61. The smallest absolute Gasteiger partial charge is 0.334 e. The van der Waals surface area contributed by atoms with E-state index in [1.54, 1.807) is 44.5 Å². The lowest BCUT2D eigenvalue weighted by Crippen LogP contribution is -2.49. The largest absolute Gasteiger partial charge is 0.457 e. The lowest BCUT2D eigenvalue weighted by Gasteiger charge is -2.39. The molecule has 11 nitrogen and oxygen atoms in total. The first-order valence-electron chi connectivity index (χ1n) is 15.2. The van der Waals surface area contributed by atoms with Crippen molar-refractivity contribution < 1.29 is 14.3 Å². The number of anilines is 1. The topological polar surface area (TPSA) is 132 Å². The summed E-state index contributed by atoms with van der Waals surface area (Å²) in [7, 11) is 0. The van der Waals surface area contributed by atoms with Crippen LogP contribution in [-0.4, -0.2) is 74.8 Å². The maximum absolute atomic E-state index is 14.2. The summed E-state index contributed by atoms with van der Waals surface area (Å²) in [6, 6.07) is 20.3. The number of hydrogen-bond donors (Lipinski definition) is 1. The van der Waals surface area contributed by atoms with Crippen molar-refractivity contribution in [3.05, 3.63) is 89.0 Å². The number of carbonyl (C=O) groups is 1. The summed E-state index contributed by atoms with van der Waals surface area (Å²) in [5.74, 6) is 1.25. The number of nitrogen functional groups attached to an aromatic ring is 1. The quantitative estimate of drug-likeness (QED) is 0.243. The first-order chi connectivity index (χ1) is 21.8. The van der Waals surface area contributed by atoms with Gasteiger partial charge in [0.25, 0.3) is 5.91 Å². The van der Waals surface area contributed by atoms with Crippen molar-refractivity contribution in [3.8, 4) is 23.3 Å². The highest BCUT2D eigenvalue weighted by molar-refractivity contribution is 5.97.